The SMILES string of the molecule is Cc1cc(C)c2cc(CN(Cc3cccnc3)C(=O)Nc3ccccc3C)c(Cl)nc2c1. The molecule has 0 radical (unpaired) electrons. The number of para-hydroxylation sites is 1. The number of nitrogens with one attached hydrogen (secondary N) is 1. The van der Waals surface area contributed by atoms with E-state index in [2.05, 4.69) is 28.3 Å². The Kier molecular flexibility index (Phi) is 6.37. The number of hydrogen-bond donors (Lipinski definition) is 1. The first kappa shape index (κ1) is 21.8. The Morgan fingerprint density at radius 1 is 1.00 bits per heavy atom. The molecule has 0 fully saturated rings. The molecule has 0 atom stereocenters. The molecule has 162 valence electrons. The van der Waals surface area contributed by atoms with Crippen molar-refractivity contribution in [2.75, 3.05) is 5.32 Å². The molecule has 2 heterocycles. The van der Waals surface area contributed by atoms with Crippen LogP contribution in [0.5, 0.6) is 0 Å². The standard InChI is InChI=1S/C26H25ClN4O/c1-17-11-19(3)22-13-21(25(27)29-24(22)12-17)16-31(15-20-8-6-10-28-14-20)26(32)30-23-9-5-4-7-18(23)2/h4-14H,15-16H2,1-3H3,(H,30,32). The highest BCUT2D eigenvalue weighted by molar-refractivity contribution is 6.30. The summed E-state index contributed by atoms with van der Waals surface area (Å²) in [6.07, 6.45) is 3.48. The largest absolute Gasteiger partial charge is 0.322 e. The summed E-state index contributed by atoms with van der Waals surface area (Å²) in [7, 11) is 0. The van der Waals surface area contributed by atoms with Crippen LogP contribution in [0.3, 0.4) is 0 Å². The molecule has 2 aromatic carbocycles. The van der Waals surface area contributed by atoms with Crippen molar-refractivity contribution in [3.63, 3.8) is 0 Å². The van der Waals surface area contributed by atoms with Gasteiger partial charge in [0.2, 0.25) is 0 Å². The number of rotatable bonds is 5. The van der Waals surface area contributed by atoms with E-state index in [1.807, 2.05) is 62.4 Å². The fourth-order valence-electron chi connectivity index (χ4n) is 3.78. The highest BCUT2D eigenvalue weighted by atomic mass is 35.5. The average molecular weight is 445 g/mol. The van der Waals surface area contributed by atoms with Crippen molar-refractivity contribution in [3.05, 3.63) is 100.0 Å². The normalized spacial score (nSPS) is 10.9. The molecule has 0 aliphatic heterocycles. The molecule has 0 unspecified atom stereocenters. The summed E-state index contributed by atoms with van der Waals surface area (Å²) in [4.78, 5) is 23.8. The monoisotopic (exact) mass is 444 g/mol. The van der Waals surface area contributed by atoms with Gasteiger partial charge in [-0.15, -0.1) is 0 Å². The number of aromatic nitrogens is 2. The topological polar surface area (TPSA) is 58.1 Å². The Morgan fingerprint density at radius 3 is 2.56 bits per heavy atom. The molecule has 0 aliphatic rings. The van der Waals surface area contributed by atoms with Crippen molar-refractivity contribution in [2.24, 2.45) is 0 Å². The van der Waals surface area contributed by atoms with Crippen molar-refractivity contribution in [2.45, 2.75) is 33.9 Å². The smallest absolute Gasteiger partial charge is 0.316 e. The molecule has 6 heteroatoms. The predicted octanol–water partition coefficient (Wildman–Crippen LogP) is 6.44. The van der Waals surface area contributed by atoms with Crippen molar-refractivity contribution in [1.29, 1.82) is 0 Å². The van der Waals surface area contributed by atoms with Crippen LogP contribution in [-0.2, 0) is 13.1 Å². The number of urea groups is 1. The van der Waals surface area contributed by atoms with Gasteiger partial charge >= 0.3 is 6.03 Å². The molecule has 5 nitrogen and oxygen atoms in total. The Balaban J connectivity index is 1.67. The van der Waals surface area contributed by atoms with E-state index in [4.69, 9.17) is 11.6 Å². The van der Waals surface area contributed by atoms with Crippen LogP contribution in [-0.4, -0.2) is 20.9 Å². The highest BCUT2D eigenvalue weighted by Crippen LogP contribution is 2.26. The average Bonchev–Trinajstić information content (AvgIpc) is 2.76. The second-order valence-electron chi connectivity index (χ2n) is 8.05. The summed E-state index contributed by atoms with van der Waals surface area (Å²) < 4.78 is 0. The van der Waals surface area contributed by atoms with Crippen molar-refractivity contribution >= 4 is 34.2 Å². The molecule has 0 bridgehead atoms. The third-order valence-electron chi connectivity index (χ3n) is 5.44. The van der Waals surface area contributed by atoms with Crippen molar-refractivity contribution < 1.29 is 4.79 Å². The number of benzene rings is 2. The predicted molar refractivity (Wildman–Crippen MR) is 130 cm³/mol. The summed E-state index contributed by atoms with van der Waals surface area (Å²) in [6, 6.07) is 17.5. The zero-order valence-electron chi connectivity index (χ0n) is 18.4. The van der Waals surface area contributed by atoms with E-state index in [1.165, 1.54) is 0 Å². The summed E-state index contributed by atoms with van der Waals surface area (Å²) in [5.41, 5.74) is 6.65. The van der Waals surface area contributed by atoms with Gasteiger partial charge in [-0.3, -0.25) is 4.98 Å². The Labute approximate surface area is 193 Å². The van der Waals surface area contributed by atoms with E-state index in [-0.39, 0.29) is 6.03 Å². The minimum Gasteiger partial charge on any atom is -0.316 e. The second-order valence-corrected chi connectivity index (χ2v) is 8.41. The third-order valence-corrected chi connectivity index (χ3v) is 5.77. The first-order valence-electron chi connectivity index (χ1n) is 10.5. The number of halogens is 1. The Hall–Kier alpha value is -3.44. The first-order valence-corrected chi connectivity index (χ1v) is 10.9. The Morgan fingerprint density at radius 2 is 1.81 bits per heavy atom. The van der Waals surface area contributed by atoms with Gasteiger partial charge in [0.15, 0.2) is 0 Å². The molecule has 4 aromatic rings. The molecule has 4 rings (SSSR count). The molecule has 0 aliphatic carbocycles. The molecule has 2 aromatic heterocycles. The van der Waals surface area contributed by atoms with Gasteiger partial charge < -0.3 is 10.2 Å². The quantitative estimate of drug-likeness (QED) is 0.360. The maximum absolute atomic E-state index is 13.3. The Bertz CT molecular complexity index is 1270. The maximum atomic E-state index is 13.3. The third kappa shape index (κ3) is 4.89. The summed E-state index contributed by atoms with van der Waals surface area (Å²) in [5, 5.41) is 4.47. The lowest BCUT2D eigenvalue weighted by Crippen LogP contribution is -2.34. The van der Waals surface area contributed by atoms with Crippen LogP contribution in [0.2, 0.25) is 5.15 Å². The van der Waals surface area contributed by atoms with Gasteiger partial charge in [0, 0.05) is 35.6 Å². The lowest BCUT2D eigenvalue weighted by Gasteiger charge is -2.24. The summed E-state index contributed by atoms with van der Waals surface area (Å²) in [5.74, 6) is 0. The molecule has 0 saturated heterocycles. The number of anilines is 1. The van der Waals surface area contributed by atoms with Gasteiger partial charge in [-0.05, 0) is 67.3 Å². The van der Waals surface area contributed by atoms with Crippen molar-refractivity contribution in [1.82, 2.24) is 14.9 Å². The van der Waals surface area contributed by atoms with Crippen LogP contribution in [0.1, 0.15) is 27.8 Å². The van der Waals surface area contributed by atoms with Gasteiger partial charge in [-0.2, -0.15) is 0 Å². The van der Waals surface area contributed by atoms with Crippen LogP contribution in [0.15, 0.2) is 67.0 Å². The van der Waals surface area contributed by atoms with E-state index >= 15 is 0 Å². The lowest BCUT2D eigenvalue weighted by atomic mass is 10.0. The lowest BCUT2D eigenvalue weighted by molar-refractivity contribution is 0.206. The molecule has 0 saturated carbocycles. The van der Waals surface area contributed by atoms with Gasteiger partial charge in [-0.25, -0.2) is 9.78 Å². The van der Waals surface area contributed by atoms with Gasteiger partial charge in [0.1, 0.15) is 5.15 Å². The molecule has 2 amide bonds. The fourth-order valence-corrected chi connectivity index (χ4v) is 3.99. The molecular weight excluding hydrogens is 420 g/mol. The minimum atomic E-state index is -0.208. The van der Waals surface area contributed by atoms with Gasteiger partial charge in [0.05, 0.1) is 12.1 Å². The number of aryl methyl sites for hydroxylation is 3. The minimum absolute atomic E-state index is 0.208. The number of pyridine rings is 2. The van der Waals surface area contributed by atoms with Gasteiger partial charge in [0.25, 0.3) is 0 Å². The number of fused-ring (bicyclic) bond motifs is 1. The fraction of sp³-hybridized carbons (Fsp3) is 0.192. The molecule has 0 spiro atoms. The van der Waals surface area contributed by atoms with Crippen LogP contribution in [0, 0.1) is 20.8 Å². The summed E-state index contributed by atoms with van der Waals surface area (Å²) >= 11 is 6.56. The number of amides is 2. The number of carbonyl (C=O) groups excluding carboxylic acids is 1. The van der Waals surface area contributed by atoms with E-state index in [0.717, 1.165) is 44.4 Å². The molecule has 1 N–H and O–H groups in total. The maximum Gasteiger partial charge on any atom is 0.322 e. The van der Waals surface area contributed by atoms with Crippen LogP contribution >= 0.6 is 11.6 Å². The van der Waals surface area contributed by atoms with E-state index in [0.29, 0.717) is 18.2 Å². The molecule has 32 heavy (non-hydrogen) atoms. The van der Waals surface area contributed by atoms with Gasteiger partial charge in [-0.1, -0.05) is 41.9 Å². The number of carbonyl (C=O) groups is 1. The summed E-state index contributed by atoms with van der Waals surface area (Å²) in [6.45, 7) is 6.79. The zero-order chi connectivity index (χ0) is 22.7. The number of nitrogens with zero attached hydrogens (tertiary/aromatic N) is 3. The van der Waals surface area contributed by atoms with E-state index in [1.54, 1.807) is 17.3 Å². The number of hydrogen-bond acceptors (Lipinski definition) is 3. The molecular formula is C26H25ClN4O. The van der Waals surface area contributed by atoms with Crippen LogP contribution in [0.25, 0.3) is 10.9 Å². The zero-order valence-corrected chi connectivity index (χ0v) is 19.1. The van der Waals surface area contributed by atoms with Crippen LogP contribution < -0.4 is 5.32 Å². The van der Waals surface area contributed by atoms with Crippen molar-refractivity contribution in [3.8, 4) is 0 Å². The van der Waals surface area contributed by atoms with Crippen LogP contribution in [0.4, 0.5) is 10.5 Å². The van der Waals surface area contributed by atoms with E-state index < -0.39 is 0 Å². The van der Waals surface area contributed by atoms with E-state index in [9.17, 15) is 4.79 Å². The second kappa shape index (κ2) is 9.37. The highest BCUT2D eigenvalue weighted by Gasteiger charge is 2.18. The first-order chi connectivity index (χ1) is 15.4.